The van der Waals surface area contributed by atoms with E-state index in [1.807, 2.05) is 42.5 Å². The van der Waals surface area contributed by atoms with Crippen molar-refractivity contribution in [1.82, 2.24) is 9.21 Å². The fraction of sp³-hybridized carbons (Fsp3) is 0.174. The summed E-state index contributed by atoms with van der Waals surface area (Å²) in [4.78, 5) is 13.9. The summed E-state index contributed by atoms with van der Waals surface area (Å²) in [6.07, 6.45) is 3.30. The van der Waals surface area contributed by atoms with Crippen LogP contribution < -0.4 is 0 Å². The third kappa shape index (κ3) is 3.99. The average Bonchev–Trinajstić information content (AvgIpc) is 2.77. The van der Waals surface area contributed by atoms with E-state index in [2.05, 4.69) is 0 Å². The number of carbonyl (C=O) groups excluding carboxylic acids is 1. The first-order valence-electron chi connectivity index (χ1n) is 9.66. The Hall–Kier alpha value is -3.03. The maximum absolute atomic E-state index is 13.9. The van der Waals surface area contributed by atoms with Gasteiger partial charge >= 0.3 is 0 Å². The zero-order valence-electron chi connectivity index (χ0n) is 16.2. The van der Waals surface area contributed by atoms with Gasteiger partial charge in [-0.3, -0.25) is 4.79 Å². The van der Waals surface area contributed by atoms with Gasteiger partial charge in [-0.2, -0.15) is 4.31 Å². The van der Waals surface area contributed by atoms with Crippen molar-refractivity contribution in [2.24, 2.45) is 0 Å². The summed E-state index contributed by atoms with van der Waals surface area (Å²) in [6, 6.07) is 19.2. The number of hydrogen-bond donors (Lipinski definition) is 0. The van der Waals surface area contributed by atoms with Crippen LogP contribution in [0, 0.1) is 5.82 Å². The third-order valence-electron chi connectivity index (χ3n) is 5.23. The summed E-state index contributed by atoms with van der Waals surface area (Å²) in [5, 5.41) is 2.16. The van der Waals surface area contributed by atoms with E-state index in [4.69, 9.17) is 0 Å². The zero-order valence-corrected chi connectivity index (χ0v) is 17.1. The molecular weight excluding hydrogens is 403 g/mol. The highest BCUT2D eigenvalue weighted by Gasteiger charge is 2.31. The molecule has 7 heteroatoms. The maximum atomic E-state index is 13.9. The topological polar surface area (TPSA) is 57.7 Å². The highest BCUT2D eigenvalue weighted by Crippen LogP contribution is 2.22. The van der Waals surface area contributed by atoms with E-state index in [0.717, 1.165) is 22.4 Å². The van der Waals surface area contributed by atoms with E-state index in [1.54, 1.807) is 11.0 Å². The lowest BCUT2D eigenvalue weighted by molar-refractivity contribution is -0.127. The van der Waals surface area contributed by atoms with Crippen molar-refractivity contribution in [3.63, 3.8) is 0 Å². The van der Waals surface area contributed by atoms with E-state index in [1.165, 1.54) is 28.6 Å². The standard InChI is InChI=1S/C23H21FN2O3S/c24-21-10-3-4-11-22(21)30(28,29)26-16-14-25(15-17-26)23(27)13-12-19-8-5-7-18-6-1-2-9-20(18)19/h1-13H,14-17H2/b13-12+. The fourth-order valence-corrected chi connectivity index (χ4v) is 5.09. The van der Waals surface area contributed by atoms with E-state index in [9.17, 15) is 17.6 Å². The van der Waals surface area contributed by atoms with E-state index in [0.29, 0.717) is 0 Å². The minimum absolute atomic E-state index is 0.129. The van der Waals surface area contributed by atoms with Crippen molar-refractivity contribution in [1.29, 1.82) is 0 Å². The van der Waals surface area contributed by atoms with Crippen LogP contribution in [0.1, 0.15) is 5.56 Å². The van der Waals surface area contributed by atoms with Crippen LogP contribution in [0.2, 0.25) is 0 Å². The molecule has 4 rings (SSSR count). The Labute approximate surface area is 175 Å². The molecule has 5 nitrogen and oxygen atoms in total. The third-order valence-corrected chi connectivity index (χ3v) is 7.17. The second kappa shape index (κ2) is 8.38. The molecular formula is C23H21FN2O3S. The van der Waals surface area contributed by atoms with Crippen LogP contribution in [-0.4, -0.2) is 49.7 Å². The summed E-state index contributed by atoms with van der Waals surface area (Å²) in [7, 11) is -3.92. The predicted molar refractivity (Wildman–Crippen MR) is 115 cm³/mol. The molecule has 1 aliphatic rings. The highest BCUT2D eigenvalue weighted by molar-refractivity contribution is 7.89. The molecule has 0 atom stereocenters. The molecule has 3 aromatic carbocycles. The molecule has 3 aromatic rings. The van der Waals surface area contributed by atoms with E-state index >= 15 is 0 Å². The molecule has 0 N–H and O–H groups in total. The van der Waals surface area contributed by atoms with Gasteiger partial charge in [-0.15, -0.1) is 0 Å². The number of nitrogens with zero attached hydrogens (tertiary/aromatic N) is 2. The normalized spacial score (nSPS) is 15.7. The number of hydrogen-bond acceptors (Lipinski definition) is 3. The van der Waals surface area contributed by atoms with Gasteiger partial charge in [0.2, 0.25) is 15.9 Å². The highest BCUT2D eigenvalue weighted by atomic mass is 32.2. The Balaban J connectivity index is 1.43. The number of piperazine rings is 1. The molecule has 0 saturated carbocycles. The van der Waals surface area contributed by atoms with Gasteiger partial charge in [-0.25, -0.2) is 12.8 Å². The lowest BCUT2D eigenvalue weighted by Crippen LogP contribution is -2.50. The molecule has 0 spiro atoms. The van der Waals surface area contributed by atoms with Crippen molar-refractivity contribution in [3.8, 4) is 0 Å². The second-order valence-electron chi connectivity index (χ2n) is 7.06. The minimum Gasteiger partial charge on any atom is -0.337 e. The molecule has 1 saturated heterocycles. The van der Waals surface area contributed by atoms with Crippen molar-refractivity contribution < 1.29 is 17.6 Å². The molecule has 1 heterocycles. The number of benzene rings is 3. The summed E-state index contributed by atoms with van der Waals surface area (Å²) in [6.45, 7) is 0.772. The van der Waals surface area contributed by atoms with Gasteiger partial charge in [0.25, 0.3) is 0 Å². The summed E-state index contributed by atoms with van der Waals surface area (Å²) in [5.41, 5.74) is 0.946. The summed E-state index contributed by atoms with van der Waals surface area (Å²) >= 11 is 0. The monoisotopic (exact) mass is 424 g/mol. The van der Waals surface area contributed by atoms with Gasteiger partial charge in [-0.05, 0) is 34.5 Å². The summed E-state index contributed by atoms with van der Waals surface area (Å²) < 4.78 is 40.5. The van der Waals surface area contributed by atoms with Crippen molar-refractivity contribution in [2.75, 3.05) is 26.2 Å². The molecule has 0 bridgehead atoms. The summed E-state index contributed by atoms with van der Waals surface area (Å²) in [5.74, 6) is -0.945. The number of amides is 1. The maximum Gasteiger partial charge on any atom is 0.246 e. The van der Waals surface area contributed by atoms with Crippen LogP contribution in [0.25, 0.3) is 16.8 Å². The van der Waals surface area contributed by atoms with Crippen LogP contribution in [0.3, 0.4) is 0 Å². The molecule has 1 fully saturated rings. The van der Waals surface area contributed by atoms with Crippen molar-refractivity contribution >= 4 is 32.8 Å². The van der Waals surface area contributed by atoms with Crippen LogP contribution in [0.15, 0.2) is 77.7 Å². The number of sulfonamides is 1. The number of fused-ring (bicyclic) bond motifs is 1. The van der Waals surface area contributed by atoms with Crippen LogP contribution in [0.5, 0.6) is 0 Å². The molecule has 30 heavy (non-hydrogen) atoms. The Morgan fingerprint density at radius 1 is 0.867 bits per heavy atom. The van der Waals surface area contributed by atoms with Gasteiger partial charge < -0.3 is 4.90 Å². The van der Waals surface area contributed by atoms with Gasteiger partial charge in [0.05, 0.1) is 0 Å². The van der Waals surface area contributed by atoms with Crippen LogP contribution >= 0.6 is 0 Å². The van der Waals surface area contributed by atoms with E-state index < -0.39 is 15.8 Å². The minimum atomic E-state index is -3.92. The Bertz CT molecular complexity index is 1210. The van der Waals surface area contributed by atoms with Crippen molar-refractivity contribution in [3.05, 3.63) is 84.2 Å². The first-order valence-corrected chi connectivity index (χ1v) is 11.1. The smallest absolute Gasteiger partial charge is 0.246 e. The lowest BCUT2D eigenvalue weighted by Gasteiger charge is -2.33. The number of rotatable bonds is 4. The Morgan fingerprint density at radius 3 is 2.30 bits per heavy atom. The first-order chi connectivity index (χ1) is 14.5. The molecule has 1 amide bonds. The SMILES string of the molecule is O=C(/C=C/c1cccc2ccccc12)N1CCN(S(=O)(=O)c2ccccc2F)CC1. The average molecular weight is 424 g/mol. The molecule has 0 aliphatic carbocycles. The van der Waals surface area contributed by atoms with Gasteiger partial charge in [0.15, 0.2) is 0 Å². The Morgan fingerprint density at radius 2 is 1.53 bits per heavy atom. The van der Waals surface area contributed by atoms with Gasteiger partial charge in [0.1, 0.15) is 10.7 Å². The largest absolute Gasteiger partial charge is 0.337 e. The second-order valence-corrected chi connectivity index (χ2v) is 8.97. The molecule has 0 aromatic heterocycles. The molecule has 0 unspecified atom stereocenters. The van der Waals surface area contributed by atoms with Crippen LogP contribution in [0.4, 0.5) is 4.39 Å². The predicted octanol–water partition coefficient (Wildman–Crippen LogP) is 3.53. The zero-order chi connectivity index (χ0) is 21.1. The Kier molecular flexibility index (Phi) is 5.65. The molecule has 154 valence electrons. The molecule has 1 aliphatic heterocycles. The lowest BCUT2D eigenvalue weighted by atomic mass is 10.0. The molecule has 0 radical (unpaired) electrons. The van der Waals surface area contributed by atoms with E-state index in [-0.39, 0.29) is 37.0 Å². The first kappa shape index (κ1) is 20.3. The van der Waals surface area contributed by atoms with Crippen molar-refractivity contribution in [2.45, 2.75) is 4.90 Å². The number of carbonyl (C=O) groups is 1. The van der Waals surface area contributed by atoms with Crippen LogP contribution in [-0.2, 0) is 14.8 Å². The van der Waals surface area contributed by atoms with Gasteiger partial charge in [-0.1, -0.05) is 54.6 Å². The van der Waals surface area contributed by atoms with Gasteiger partial charge in [0, 0.05) is 32.3 Å². The quantitative estimate of drug-likeness (QED) is 0.602. The fourth-order valence-electron chi connectivity index (χ4n) is 3.60. The number of halogens is 1.